The normalized spacial score (nSPS) is 11.6. The van der Waals surface area contributed by atoms with Crippen molar-refractivity contribution >= 4 is 18.1 Å². The zero-order valence-corrected chi connectivity index (χ0v) is 13.0. The number of benzene rings is 2. The summed E-state index contributed by atoms with van der Waals surface area (Å²) in [6, 6.07) is 16.4. The van der Waals surface area contributed by atoms with Crippen LogP contribution in [0.1, 0.15) is 15.9 Å². The monoisotopic (exact) mass is 312 g/mol. The fourth-order valence-corrected chi connectivity index (χ4v) is 2.35. The minimum Gasteiger partial charge on any atom is -0.465 e. The van der Waals surface area contributed by atoms with Gasteiger partial charge in [0.25, 0.3) is 0 Å². The second-order valence-electron chi connectivity index (χ2n) is 5.25. The van der Waals surface area contributed by atoms with E-state index in [2.05, 4.69) is 4.74 Å². The van der Waals surface area contributed by atoms with E-state index < -0.39 is 5.97 Å². The van der Waals surface area contributed by atoms with Crippen LogP contribution in [0.25, 0.3) is 0 Å². The highest BCUT2D eigenvalue weighted by molar-refractivity contribution is 5.90. The molecular weight excluding hydrogens is 292 g/mol. The molecule has 0 spiro atoms. The van der Waals surface area contributed by atoms with Crippen molar-refractivity contribution in [3.05, 3.63) is 65.7 Å². The molecule has 0 aliphatic rings. The minimum atomic E-state index is -0.407. The first-order chi connectivity index (χ1) is 11.1. The lowest BCUT2D eigenvalue weighted by Crippen LogP contribution is -2.38. The van der Waals surface area contributed by atoms with Gasteiger partial charge in [-0.25, -0.2) is 4.79 Å². The van der Waals surface area contributed by atoms with Gasteiger partial charge in [-0.1, -0.05) is 30.3 Å². The van der Waals surface area contributed by atoms with Crippen LogP contribution in [0.4, 0.5) is 5.69 Å². The van der Waals surface area contributed by atoms with E-state index in [0.29, 0.717) is 24.2 Å². The Morgan fingerprint density at radius 3 is 2.39 bits per heavy atom. The van der Waals surface area contributed by atoms with E-state index >= 15 is 0 Å². The Morgan fingerprint density at radius 1 is 1.17 bits per heavy atom. The Bertz CT molecular complexity index is 641. The van der Waals surface area contributed by atoms with E-state index in [4.69, 9.17) is 5.73 Å². The van der Waals surface area contributed by atoms with E-state index in [1.165, 1.54) is 12.0 Å². The summed E-state index contributed by atoms with van der Waals surface area (Å²) < 4.78 is 4.65. The topological polar surface area (TPSA) is 72.6 Å². The van der Waals surface area contributed by atoms with Crippen LogP contribution >= 0.6 is 0 Å². The SMILES string of the molecule is COC(=O)c1ccc(N(C=O)C[C@H](N)Cc2ccccc2)cc1. The van der Waals surface area contributed by atoms with Crippen molar-refractivity contribution in [2.75, 3.05) is 18.6 Å². The van der Waals surface area contributed by atoms with Gasteiger partial charge < -0.3 is 15.4 Å². The number of esters is 1. The highest BCUT2D eigenvalue weighted by atomic mass is 16.5. The van der Waals surface area contributed by atoms with Crippen LogP contribution in [0, 0.1) is 0 Å². The van der Waals surface area contributed by atoms with Gasteiger partial charge in [0.15, 0.2) is 0 Å². The third-order valence-electron chi connectivity index (χ3n) is 3.52. The number of methoxy groups -OCH3 is 1. The molecule has 0 aromatic heterocycles. The molecule has 2 N–H and O–H groups in total. The summed E-state index contributed by atoms with van der Waals surface area (Å²) in [5, 5.41) is 0. The van der Waals surface area contributed by atoms with Gasteiger partial charge in [0.05, 0.1) is 12.7 Å². The van der Waals surface area contributed by atoms with E-state index in [-0.39, 0.29) is 6.04 Å². The molecule has 0 radical (unpaired) electrons. The molecule has 2 rings (SSSR count). The summed E-state index contributed by atoms with van der Waals surface area (Å²) >= 11 is 0. The van der Waals surface area contributed by atoms with Gasteiger partial charge in [0.2, 0.25) is 6.41 Å². The number of carbonyl (C=O) groups is 2. The van der Waals surface area contributed by atoms with Crippen LogP contribution in [-0.2, 0) is 16.0 Å². The molecule has 0 bridgehead atoms. The molecule has 120 valence electrons. The second kappa shape index (κ2) is 8.10. The Morgan fingerprint density at radius 2 is 1.83 bits per heavy atom. The minimum absolute atomic E-state index is 0.178. The predicted molar refractivity (Wildman–Crippen MR) is 89.3 cm³/mol. The van der Waals surface area contributed by atoms with E-state index in [0.717, 1.165) is 12.0 Å². The maximum atomic E-state index is 11.4. The zero-order chi connectivity index (χ0) is 16.7. The number of hydrogen-bond donors (Lipinski definition) is 1. The molecule has 0 saturated carbocycles. The van der Waals surface area contributed by atoms with Crippen molar-refractivity contribution < 1.29 is 14.3 Å². The van der Waals surface area contributed by atoms with Gasteiger partial charge in [-0.15, -0.1) is 0 Å². The summed E-state index contributed by atoms with van der Waals surface area (Å²) in [6.07, 6.45) is 1.43. The molecule has 0 aliphatic carbocycles. The van der Waals surface area contributed by atoms with Crippen LogP contribution < -0.4 is 10.6 Å². The standard InChI is InChI=1S/C18H20N2O3/c1-23-18(22)15-7-9-17(10-8-15)20(13-21)12-16(19)11-14-5-3-2-4-6-14/h2-10,13,16H,11-12,19H2,1H3/t16-/m1/s1. The van der Waals surface area contributed by atoms with Crippen LogP contribution in [-0.4, -0.2) is 32.1 Å². The zero-order valence-electron chi connectivity index (χ0n) is 13.0. The first-order valence-electron chi connectivity index (χ1n) is 7.34. The Kier molecular flexibility index (Phi) is 5.88. The van der Waals surface area contributed by atoms with E-state index in [9.17, 15) is 9.59 Å². The number of rotatable bonds is 7. The number of hydrogen-bond acceptors (Lipinski definition) is 4. The Hall–Kier alpha value is -2.66. The molecule has 1 amide bonds. The number of anilines is 1. The smallest absolute Gasteiger partial charge is 0.337 e. The fraction of sp³-hybridized carbons (Fsp3) is 0.222. The third kappa shape index (κ3) is 4.66. The van der Waals surface area contributed by atoms with Crippen LogP contribution in [0.15, 0.2) is 54.6 Å². The summed E-state index contributed by atoms with van der Waals surface area (Å²) in [4.78, 5) is 24.3. The molecule has 23 heavy (non-hydrogen) atoms. The van der Waals surface area contributed by atoms with Crippen LogP contribution in [0.3, 0.4) is 0 Å². The molecule has 0 unspecified atom stereocenters. The van der Waals surface area contributed by atoms with Crippen molar-refractivity contribution in [1.82, 2.24) is 0 Å². The number of nitrogens with two attached hydrogens (primary N) is 1. The highest BCUT2D eigenvalue weighted by Crippen LogP contribution is 2.15. The highest BCUT2D eigenvalue weighted by Gasteiger charge is 2.12. The number of amides is 1. The largest absolute Gasteiger partial charge is 0.465 e. The first-order valence-corrected chi connectivity index (χ1v) is 7.34. The fourth-order valence-electron chi connectivity index (χ4n) is 2.35. The molecule has 0 fully saturated rings. The summed E-state index contributed by atoms with van der Waals surface area (Å²) in [5.74, 6) is -0.407. The molecule has 2 aromatic rings. The molecule has 0 heterocycles. The van der Waals surface area contributed by atoms with Gasteiger partial charge in [0, 0.05) is 18.3 Å². The Balaban J connectivity index is 2.01. The first kappa shape index (κ1) is 16.7. The summed E-state index contributed by atoms with van der Waals surface area (Å²) in [6.45, 7) is 0.399. The number of ether oxygens (including phenoxy) is 1. The lowest BCUT2D eigenvalue weighted by molar-refractivity contribution is -0.107. The average molecular weight is 312 g/mol. The molecule has 0 saturated heterocycles. The summed E-state index contributed by atoms with van der Waals surface area (Å²) in [7, 11) is 1.33. The van der Waals surface area contributed by atoms with Crippen molar-refractivity contribution in [1.29, 1.82) is 0 Å². The molecular formula is C18H20N2O3. The van der Waals surface area contributed by atoms with Gasteiger partial charge in [-0.05, 0) is 36.2 Å². The number of carbonyl (C=O) groups excluding carboxylic acids is 2. The maximum absolute atomic E-state index is 11.4. The molecule has 0 aliphatic heterocycles. The quantitative estimate of drug-likeness (QED) is 0.627. The predicted octanol–water partition coefficient (Wildman–Crippen LogP) is 2.01. The molecule has 2 aromatic carbocycles. The summed E-state index contributed by atoms with van der Waals surface area (Å²) in [5.41, 5.74) is 8.41. The number of nitrogens with zero attached hydrogens (tertiary/aromatic N) is 1. The van der Waals surface area contributed by atoms with Gasteiger partial charge in [-0.2, -0.15) is 0 Å². The van der Waals surface area contributed by atoms with Crippen molar-refractivity contribution in [3.63, 3.8) is 0 Å². The maximum Gasteiger partial charge on any atom is 0.337 e. The van der Waals surface area contributed by atoms with Gasteiger partial charge >= 0.3 is 5.97 Å². The molecule has 1 atom stereocenters. The van der Waals surface area contributed by atoms with Crippen molar-refractivity contribution in [2.24, 2.45) is 5.73 Å². The molecule has 5 heteroatoms. The van der Waals surface area contributed by atoms with Crippen LogP contribution in [0.5, 0.6) is 0 Å². The van der Waals surface area contributed by atoms with Crippen LogP contribution in [0.2, 0.25) is 0 Å². The molecule has 5 nitrogen and oxygen atoms in total. The van der Waals surface area contributed by atoms with Crippen molar-refractivity contribution in [3.8, 4) is 0 Å². The van der Waals surface area contributed by atoms with E-state index in [1.807, 2.05) is 30.3 Å². The third-order valence-corrected chi connectivity index (χ3v) is 3.52. The lowest BCUT2D eigenvalue weighted by atomic mass is 10.1. The Labute approximate surface area is 135 Å². The second-order valence-corrected chi connectivity index (χ2v) is 5.25. The van der Waals surface area contributed by atoms with Crippen molar-refractivity contribution in [2.45, 2.75) is 12.5 Å². The average Bonchev–Trinajstić information content (AvgIpc) is 2.60. The van der Waals surface area contributed by atoms with Gasteiger partial charge in [0.1, 0.15) is 0 Å². The lowest BCUT2D eigenvalue weighted by Gasteiger charge is -2.22. The van der Waals surface area contributed by atoms with Gasteiger partial charge in [-0.3, -0.25) is 4.79 Å². The van der Waals surface area contributed by atoms with E-state index in [1.54, 1.807) is 24.3 Å².